The van der Waals surface area contributed by atoms with Crippen molar-refractivity contribution in [1.82, 2.24) is 9.55 Å². The van der Waals surface area contributed by atoms with Crippen LogP contribution in [0.5, 0.6) is 17.4 Å². The predicted octanol–water partition coefficient (Wildman–Crippen LogP) is 1.33. The van der Waals surface area contributed by atoms with E-state index in [4.69, 9.17) is 14.2 Å². The molecule has 0 spiro atoms. The number of carbonyl (C=O) groups excluding carboxylic acids is 1. The first-order valence-electron chi connectivity index (χ1n) is 7.49. The van der Waals surface area contributed by atoms with Crippen molar-refractivity contribution < 1.29 is 24.1 Å². The minimum absolute atomic E-state index is 0.0504. The quantitative estimate of drug-likeness (QED) is 0.645. The second-order valence-electron chi connectivity index (χ2n) is 5.49. The number of hydrogen-bond donors (Lipinski definition) is 1. The normalized spacial score (nSPS) is 17.8. The number of methoxy groups -OCH3 is 2. The Balaban J connectivity index is 1.92. The Kier molecular flexibility index (Phi) is 3.60. The molecule has 130 valence electrons. The molecule has 1 atom stereocenters. The van der Waals surface area contributed by atoms with Crippen molar-refractivity contribution >= 4 is 17.7 Å². The molecular formula is C16H14N2O6S. The molecule has 0 radical (unpaired) electrons. The van der Waals surface area contributed by atoms with E-state index < -0.39 is 23.5 Å². The number of thioether (sulfide) groups is 1. The highest BCUT2D eigenvalue weighted by Gasteiger charge is 2.40. The third kappa shape index (κ3) is 2.19. The van der Waals surface area contributed by atoms with Crippen LogP contribution in [-0.4, -0.2) is 40.6 Å². The maximum atomic E-state index is 12.8. The van der Waals surface area contributed by atoms with Gasteiger partial charge in [-0.25, -0.2) is 4.79 Å². The largest absolute Gasteiger partial charge is 0.493 e. The molecule has 0 amide bonds. The summed E-state index contributed by atoms with van der Waals surface area (Å²) < 4.78 is 17.3. The highest BCUT2D eigenvalue weighted by molar-refractivity contribution is 7.99. The zero-order valence-electron chi connectivity index (χ0n) is 13.4. The predicted molar refractivity (Wildman–Crippen MR) is 87.7 cm³/mol. The van der Waals surface area contributed by atoms with Crippen molar-refractivity contribution in [1.29, 1.82) is 0 Å². The number of fused-ring (bicyclic) bond motifs is 2. The standard InChI is InChI=1S/C16H14N2O6S/c1-22-8-4-3-7-9(12(8)23-2)15(21)24-11(7)10-13(19)17-16-18(14(10)20)5-6-25-16/h3-4,11,19H,5-6H2,1-2H3/t11-/m0/s1. The van der Waals surface area contributed by atoms with Crippen LogP contribution in [0.2, 0.25) is 0 Å². The number of benzene rings is 1. The molecule has 2 aromatic rings. The van der Waals surface area contributed by atoms with Crippen LogP contribution >= 0.6 is 11.8 Å². The van der Waals surface area contributed by atoms with Crippen molar-refractivity contribution in [3.63, 3.8) is 0 Å². The average Bonchev–Trinajstić information content (AvgIpc) is 3.19. The summed E-state index contributed by atoms with van der Waals surface area (Å²) in [6, 6.07) is 3.25. The lowest BCUT2D eigenvalue weighted by Gasteiger charge is -2.14. The van der Waals surface area contributed by atoms with E-state index in [0.29, 0.717) is 28.8 Å². The zero-order chi connectivity index (χ0) is 17.7. The van der Waals surface area contributed by atoms with Gasteiger partial charge in [-0.15, -0.1) is 0 Å². The Morgan fingerprint density at radius 3 is 2.84 bits per heavy atom. The molecule has 8 nitrogen and oxygen atoms in total. The van der Waals surface area contributed by atoms with Crippen molar-refractivity contribution in [3.8, 4) is 17.4 Å². The van der Waals surface area contributed by atoms with Crippen LogP contribution in [-0.2, 0) is 11.3 Å². The van der Waals surface area contributed by atoms with E-state index in [9.17, 15) is 14.7 Å². The summed E-state index contributed by atoms with van der Waals surface area (Å²) in [5.74, 6) is 0.248. The summed E-state index contributed by atoms with van der Waals surface area (Å²) in [7, 11) is 2.88. The summed E-state index contributed by atoms with van der Waals surface area (Å²) in [5.41, 5.74) is 0.159. The molecule has 25 heavy (non-hydrogen) atoms. The second-order valence-corrected chi connectivity index (χ2v) is 6.55. The summed E-state index contributed by atoms with van der Waals surface area (Å²) in [6.45, 7) is 0.499. The molecule has 4 rings (SSSR count). The Morgan fingerprint density at radius 2 is 2.12 bits per heavy atom. The van der Waals surface area contributed by atoms with Gasteiger partial charge < -0.3 is 19.3 Å². The maximum Gasteiger partial charge on any atom is 0.343 e. The highest BCUT2D eigenvalue weighted by Crippen LogP contribution is 2.45. The maximum absolute atomic E-state index is 12.8. The Morgan fingerprint density at radius 1 is 1.32 bits per heavy atom. The van der Waals surface area contributed by atoms with E-state index in [-0.39, 0.29) is 16.9 Å². The van der Waals surface area contributed by atoms with Crippen molar-refractivity contribution in [3.05, 3.63) is 39.2 Å². The molecule has 0 unspecified atom stereocenters. The van der Waals surface area contributed by atoms with Crippen molar-refractivity contribution in [2.75, 3.05) is 20.0 Å². The molecule has 1 N–H and O–H groups in total. The van der Waals surface area contributed by atoms with Gasteiger partial charge >= 0.3 is 5.97 Å². The Labute approximate surface area is 146 Å². The van der Waals surface area contributed by atoms with Crippen LogP contribution in [0.3, 0.4) is 0 Å². The first kappa shape index (κ1) is 15.8. The van der Waals surface area contributed by atoms with Gasteiger partial charge in [0.1, 0.15) is 11.1 Å². The highest BCUT2D eigenvalue weighted by atomic mass is 32.2. The SMILES string of the molecule is COc1ccc2c(c1OC)C(=O)O[C@@H]2c1c(O)nc2n(c1=O)CCS2. The van der Waals surface area contributed by atoms with E-state index >= 15 is 0 Å². The summed E-state index contributed by atoms with van der Waals surface area (Å²) in [5, 5.41) is 10.7. The average molecular weight is 362 g/mol. The number of cyclic esters (lactones) is 1. The Hall–Kier alpha value is -2.68. The smallest absolute Gasteiger partial charge is 0.343 e. The van der Waals surface area contributed by atoms with Crippen LogP contribution < -0.4 is 15.0 Å². The third-order valence-electron chi connectivity index (χ3n) is 4.25. The number of aromatic hydroxyl groups is 1. The van der Waals surface area contributed by atoms with E-state index in [1.807, 2.05) is 0 Å². The lowest BCUT2D eigenvalue weighted by atomic mass is 9.99. The second kappa shape index (κ2) is 5.69. The van der Waals surface area contributed by atoms with Gasteiger partial charge in [0.25, 0.3) is 5.56 Å². The lowest BCUT2D eigenvalue weighted by Crippen LogP contribution is -2.26. The molecule has 3 heterocycles. The van der Waals surface area contributed by atoms with Crippen molar-refractivity contribution in [2.45, 2.75) is 17.8 Å². The summed E-state index contributed by atoms with van der Waals surface area (Å²) in [6.07, 6.45) is -1.04. The van der Waals surface area contributed by atoms with Gasteiger partial charge in [-0.2, -0.15) is 4.98 Å². The van der Waals surface area contributed by atoms with Gasteiger partial charge in [0, 0.05) is 17.9 Å². The monoisotopic (exact) mass is 362 g/mol. The lowest BCUT2D eigenvalue weighted by molar-refractivity contribution is 0.0446. The molecule has 0 aliphatic carbocycles. The fourth-order valence-corrected chi connectivity index (χ4v) is 4.06. The summed E-state index contributed by atoms with van der Waals surface area (Å²) >= 11 is 1.39. The van der Waals surface area contributed by atoms with Gasteiger partial charge in [-0.1, -0.05) is 17.8 Å². The number of carbonyl (C=O) groups is 1. The molecule has 0 saturated heterocycles. The number of aromatic nitrogens is 2. The van der Waals surface area contributed by atoms with Gasteiger partial charge in [-0.3, -0.25) is 9.36 Å². The molecule has 2 aliphatic rings. The van der Waals surface area contributed by atoms with Gasteiger partial charge in [-0.05, 0) is 6.07 Å². The number of esters is 1. The van der Waals surface area contributed by atoms with Crippen LogP contribution in [0.1, 0.15) is 27.6 Å². The zero-order valence-corrected chi connectivity index (χ0v) is 14.3. The topological polar surface area (TPSA) is 99.9 Å². The molecule has 0 fully saturated rings. The van der Waals surface area contributed by atoms with E-state index in [0.717, 1.165) is 0 Å². The number of nitrogens with zero attached hydrogens (tertiary/aromatic N) is 2. The van der Waals surface area contributed by atoms with Crippen LogP contribution in [0, 0.1) is 0 Å². The molecule has 9 heteroatoms. The summed E-state index contributed by atoms with van der Waals surface area (Å²) in [4.78, 5) is 29.2. The van der Waals surface area contributed by atoms with Gasteiger partial charge in [0.05, 0.1) is 14.2 Å². The van der Waals surface area contributed by atoms with Crippen LogP contribution in [0.4, 0.5) is 0 Å². The third-order valence-corrected chi connectivity index (χ3v) is 5.20. The van der Waals surface area contributed by atoms with Crippen molar-refractivity contribution in [2.24, 2.45) is 0 Å². The van der Waals surface area contributed by atoms with Crippen LogP contribution in [0.15, 0.2) is 22.1 Å². The molecule has 1 aromatic heterocycles. The number of hydrogen-bond acceptors (Lipinski definition) is 8. The van der Waals surface area contributed by atoms with Gasteiger partial charge in [0.15, 0.2) is 22.8 Å². The molecule has 2 aliphatic heterocycles. The number of rotatable bonds is 3. The molecule has 0 bridgehead atoms. The fourth-order valence-electron chi connectivity index (χ4n) is 3.12. The van der Waals surface area contributed by atoms with E-state index in [1.54, 1.807) is 12.1 Å². The fraction of sp³-hybridized carbons (Fsp3) is 0.312. The first-order valence-corrected chi connectivity index (χ1v) is 8.47. The number of ether oxygens (including phenoxy) is 3. The minimum Gasteiger partial charge on any atom is -0.493 e. The Bertz CT molecular complexity index is 955. The van der Waals surface area contributed by atoms with Gasteiger partial charge in [0.2, 0.25) is 5.88 Å². The molecule has 1 aromatic carbocycles. The van der Waals surface area contributed by atoms with E-state index in [2.05, 4.69) is 4.98 Å². The molecular weight excluding hydrogens is 348 g/mol. The van der Waals surface area contributed by atoms with E-state index in [1.165, 1.54) is 30.5 Å². The van der Waals surface area contributed by atoms with Crippen LogP contribution in [0.25, 0.3) is 0 Å². The first-order chi connectivity index (χ1) is 12.1. The molecule has 0 saturated carbocycles. The minimum atomic E-state index is -1.04.